The number of benzene rings is 1. The van der Waals surface area contributed by atoms with Crippen molar-refractivity contribution in [2.24, 2.45) is 5.41 Å². The Kier molecular flexibility index (Phi) is 4.16. The smallest absolute Gasteiger partial charge is 0.292 e. The Labute approximate surface area is 124 Å². The van der Waals surface area contributed by atoms with Gasteiger partial charge in [0.05, 0.1) is 4.92 Å². The Bertz CT molecular complexity index is 569. The molecule has 1 saturated carbocycles. The SMILES string of the molecule is CCCNc1cc(C(=O)NC2CC2(C)C)ccc1[N+](=O)[O-]. The van der Waals surface area contributed by atoms with E-state index in [0.29, 0.717) is 17.8 Å². The number of anilines is 1. The van der Waals surface area contributed by atoms with Crippen LogP contribution in [0.5, 0.6) is 0 Å². The fourth-order valence-electron chi connectivity index (χ4n) is 2.19. The molecule has 0 aromatic heterocycles. The Morgan fingerprint density at radius 3 is 2.67 bits per heavy atom. The molecule has 0 bridgehead atoms. The van der Waals surface area contributed by atoms with Crippen LogP contribution < -0.4 is 10.6 Å². The summed E-state index contributed by atoms with van der Waals surface area (Å²) in [7, 11) is 0. The largest absolute Gasteiger partial charge is 0.379 e. The predicted octanol–water partition coefficient (Wildman–Crippen LogP) is 2.95. The van der Waals surface area contributed by atoms with E-state index in [4.69, 9.17) is 0 Å². The highest BCUT2D eigenvalue weighted by Gasteiger charge is 2.46. The molecule has 0 saturated heterocycles. The van der Waals surface area contributed by atoms with Gasteiger partial charge in [-0.1, -0.05) is 20.8 Å². The minimum absolute atomic E-state index is 0.00764. The first kappa shape index (κ1) is 15.3. The van der Waals surface area contributed by atoms with Crippen molar-refractivity contribution in [3.63, 3.8) is 0 Å². The van der Waals surface area contributed by atoms with Gasteiger partial charge in [0.25, 0.3) is 11.6 Å². The Hall–Kier alpha value is -2.11. The highest BCUT2D eigenvalue weighted by molar-refractivity contribution is 5.96. The number of nitro benzene ring substituents is 1. The molecule has 2 N–H and O–H groups in total. The summed E-state index contributed by atoms with van der Waals surface area (Å²) in [6.07, 6.45) is 1.82. The van der Waals surface area contributed by atoms with E-state index < -0.39 is 4.92 Å². The van der Waals surface area contributed by atoms with Crippen molar-refractivity contribution in [1.29, 1.82) is 0 Å². The van der Waals surface area contributed by atoms with Crippen LogP contribution in [-0.2, 0) is 0 Å². The van der Waals surface area contributed by atoms with Crippen molar-refractivity contribution in [2.75, 3.05) is 11.9 Å². The second kappa shape index (κ2) is 5.71. The predicted molar refractivity (Wildman–Crippen MR) is 81.5 cm³/mol. The van der Waals surface area contributed by atoms with Crippen molar-refractivity contribution in [3.8, 4) is 0 Å². The van der Waals surface area contributed by atoms with Gasteiger partial charge in [-0.15, -0.1) is 0 Å². The quantitative estimate of drug-likeness (QED) is 0.623. The number of nitrogens with one attached hydrogen (secondary N) is 2. The van der Waals surface area contributed by atoms with Crippen LogP contribution in [0, 0.1) is 15.5 Å². The third-order valence-corrected chi connectivity index (χ3v) is 3.84. The molecular formula is C15H21N3O3. The van der Waals surface area contributed by atoms with Gasteiger partial charge in [-0.2, -0.15) is 0 Å². The summed E-state index contributed by atoms with van der Waals surface area (Å²) in [5, 5.41) is 17.0. The van der Waals surface area contributed by atoms with Crippen molar-refractivity contribution >= 4 is 17.3 Å². The number of rotatable bonds is 6. The zero-order chi connectivity index (χ0) is 15.6. The number of nitrogens with zero attached hydrogens (tertiary/aromatic N) is 1. The average molecular weight is 291 g/mol. The van der Waals surface area contributed by atoms with Crippen LogP contribution in [0.25, 0.3) is 0 Å². The molecule has 0 spiro atoms. The van der Waals surface area contributed by atoms with E-state index in [-0.39, 0.29) is 23.1 Å². The molecule has 6 heteroatoms. The molecule has 21 heavy (non-hydrogen) atoms. The minimum atomic E-state index is -0.441. The molecule has 114 valence electrons. The Morgan fingerprint density at radius 2 is 2.14 bits per heavy atom. The van der Waals surface area contributed by atoms with Crippen LogP contribution in [0.4, 0.5) is 11.4 Å². The number of carbonyl (C=O) groups is 1. The maximum Gasteiger partial charge on any atom is 0.292 e. The van der Waals surface area contributed by atoms with E-state index in [1.165, 1.54) is 12.1 Å². The lowest BCUT2D eigenvalue weighted by Crippen LogP contribution is -2.28. The lowest BCUT2D eigenvalue weighted by atomic mass is 10.1. The third kappa shape index (κ3) is 3.51. The molecule has 1 atom stereocenters. The molecule has 0 heterocycles. The lowest BCUT2D eigenvalue weighted by Gasteiger charge is -2.10. The van der Waals surface area contributed by atoms with Gasteiger partial charge in [0, 0.05) is 24.2 Å². The summed E-state index contributed by atoms with van der Waals surface area (Å²) in [5.74, 6) is -0.181. The van der Waals surface area contributed by atoms with Crippen LogP contribution in [0.15, 0.2) is 18.2 Å². The molecule has 1 aromatic rings. The molecule has 0 radical (unpaired) electrons. The van der Waals surface area contributed by atoms with Gasteiger partial charge in [-0.3, -0.25) is 14.9 Å². The first-order chi connectivity index (χ1) is 9.85. The fraction of sp³-hybridized carbons (Fsp3) is 0.533. The van der Waals surface area contributed by atoms with Gasteiger partial charge in [-0.25, -0.2) is 0 Å². The molecule has 1 aliphatic rings. The number of amides is 1. The topological polar surface area (TPSA) is 84.3 Å². The van der Waals surface area contributed by atoms with E-state index >= 15 is 0 Å². The fourth-order valence-corrected chi connectivity index (χ4v) is 2.19. The average Bonchev–Trinajstić information content (AvgIpc) is 3.02. The number of nitro groups is 1. The van der Waals surface area contributed by atoms with Crippen molar-refractivity contribution in [3.05, 3.63) is 33.9 Å². The molecule has 1 fully saturated rings. The van der Waals surface area contributed by atoms with Crippen LogP contribution in [-0.4, -0.2) is 23.4 Å². The molecule has 1 aromatic carbocycles. The molecule has 6 nitrogen and oxygen atoms in total. The summed E-state index contributed by atoms with van der Waals surface area (Å²) in [4.78, 5) is 22.7. The Balaban J connectivity index is 2.16. The highest BCUT2D eigenvalue weighted by atomic mass is 16.6. The van der Waals surface area contributed by atoms with Crippen molar-refractivity contribution in [1.82, 2.24) is 5.32 Å². The zero-order valence-corrected chi connectivity index (χ0v) is 12.6. The zero-order valence-electron chi connectivity index (χ0n) is 12.6. The Morgan fingerprint density at radius 1 is 1.48 bits per heavy atom. The number of hydrogen-bond acceptors (Lipinski definition) is 4. The lowest BCUT2D eigenvalue weighted by molar-refractivity contribution is -0.384. The van der Waals surface area contributed by atoms with Crippen molar-refractivity contribution in [2.45, 2.75) is 39.7 Å². The minimum Gasteiger partial charge on any atom is -0.379 e. The molecule has 0 aliphatic heterocycles. The summed E-state index contributed by atoms with van der Waals surface area (Å²) in [6, 6.07) is 4.62. The second-order valence-corrected chi connectivity index (χ2v) is 6.13. The van der Waals surface area contributed by atoms with Gasteiger partial charge in [0.2, 0.25) is 0 Å². The maximum atomic E-state index is 12.2. The maximum absolute atomic E-state index is 12.2. The van der Waals surface area contributed by atoms with Crippen LogP contribution in [0.2, 0.25) is 0 Å². The van der Waals surface area contributed by atoms with Crippen molar-refractivity contribution < 1.29 is 9.72 Å². The highest BCUT2D eigenvalue weighted by Crippen LogP contribution is 2.44. The van der Waals surface area contributed by atoms with Crippen LogP contribution in [0.1, 0.15) is 44.0 Å². The number of hydrogen-bond donors (Lipinski definition) is 2. The first-order valence-electron chi connectivity index (χ1n) is 7.18. The summed E-state index contributed by atoms with van der Waals surface area (Å²) >= 11 is 0. The first-order valence-corrected chi connectivity index (χ1v) is 7.18. The standard InChI is InChI=1S/C15H21N3O3/c1-4-7-16-11-8-10(5-6-12(11)18(20)21)14(19)17-13-9-15(13,2)3/h5-6,8,13,16H,4,7,9H2,1-3H3,(H,17,19). The van der Waals surface area contributed by atoms with Crippen LogP contribution >= 0.6 is 0 Å². The molecule has 1 amide bonds. The van der Waals surface area contributed by atoms with Gasteiger partial charge in [0.1, 0.15) is 5.69 Å². The van der Waals surface area contributed by atoms with Crippen LogP contribution in [0.3, 0.4) is 0 Å². The summed E-state index contributed by atoms with van der Waals surface area (Å²) in [5.41, 5.74) is 0.984. The number of carbonyl (C=O) groups excluding carboxylic acids is 1. The van der Waals surface area contributed by atoms with E-state index in [9.17, 15) is 14.9 Å². The van der Waals surface area contributed by atoms with E-state index in [1.54, 1.807) is 6.07 Å². The van der Waals surface area contributed by atoms with Gasteiger partial charge in [-0.05, 0) is 30.4 Å². The van der Waals surface area contributed by atoms with E-state index in [2.05, 4.69) is 24.5 Å². The third-order valence-electron chi connectivity index (χ3n) is 3.84. The van der Waals surface area contributed by atoms with E-state index in [0.717, 1.165) is 12.8 Å². The van der Waals surface area contributed by atoms with E-state index in [1.807, 2.05) is 6.92 Å². The normalized spacial score (nSPS) is 18.9. The van der Waals surface area contributed by atoms with Gasteiger partial charge < -0.3 is 10.6 Å². The summed E-state index contributed by atoms with van der Waals surface area (Å²) in [6.45, 7) is 6.80. The van der Waals surface area contributed by atoms with Gasteiger partial charge in [0.15, 0.2) is 0 Å². The second-order valence-electron chi connectivity index (χ2n) is 6.13. The molecule has 2 rings (SSSR count). The monoisotopic (exact) mass is 291 g/mol. The summed E-state index contributed by atoms with van der Waals surface area (Å²) < 4.78 is 0. The molecule has 1 unspecified atom stereocenters. The molecule has 1 aliphatic carbocycles. The molecular weight excluding hydrogens is 270 g/mol. The van der Waals surface area contributed by atoms with Gasteiger partial charge >= 0.3 is 0 Å².